The van der Waals surface area contributed by atoms with Crippen molar-refractivity contribution in [2.75, 3.05) is 0 Å². The Balaban J connectivity index is 2.26. The van der Waals surface area contributed by atoms with Crippen LogP contribution in [0.2, 0.25) is 0 Å². The zero-order valence-corrected chi connectivity index (χ0v) is 9.90. The highest BCUT2D eigenvalue weighted by Gasteiger charge is 2.35. The van der Waals surface area contributed by atoms with Gasteiger partial charge in [-0.2, -0.15) is 0 Å². The lowest BCUT2D eigenvalue weighted by Gasteiger charge is -2.25. The minimum absolute atomic E-state index is 0.0624. The van der Waals surface area contributed by atoms with Gasteiger partial charge in [-0.3, -0.25) is 0 Å². The van der Waals surface area contributed by atoms with Gasteiger partial charge in [0.2, 0.25) is 0 Å². The van der Waals surface area contributed by atoms with E-state index in [4.69, 9.17) is 0 Å². The fourth-order valence-electron chi connectivity index (χ4n) is 2.11. The summed E-state index contributed by atoms with van der Waals surface area (Å²) in [4.78, 5) is 0. The van der Waals surface area contributed by atoms with Gasteiger partial charge in [-0.25, -0.2) is 0 Å². The van der Waals surface area contributed by atoms with E-state index < -0.39 is 6.10 Å². The first-order valence-corrected chi connectivity index (χ1v) is 5.65. The van der Waals surface area contributed by atoms with Gasteiger partial charge in [0.1, 0.15) is 0 Å². The van der Waals surface area contributed by atoms with Crippen LogP contribution in [0.25, 0.3) is 5.57 Å². The molecule has 2 rings (SSSR count). The molecular weight excluding hydrogens is 196 g/mol. The number of benzene rings is 1. The molecule has 0 aliphatic heterocycles. The lowest BCUT2D eigenvalue weighted by molar-refractivity contribution is 0.101. The zero-order chi connectivity index (χ0) is 11.8. The van der Waals surface area contributed by atoms with E-state index in [1.165, 1.54) is 0 Å². The van der Waals surface area contributed by atoms with Crippen molar-refractivity contribution in [3.63, 3.8) is 0 Å². The molecule has 1 N–H and O–H groups in total. The van der Waals surface area contributed by atoms with Crippen molar-refractivity contribution in [2.45, 2.75) is 26.4 Å². The summed E-state index contributed by atoms with van der Waals surface area (Å²) in [5.41, 5.74) is 2.95. The molecule has 84 valence electrons. The van der Waals surface area contributed by atoms with Crippen LogP contribution in [-0.2, 0) is 0 Å². The van der Waals surface area contributed by atoms with Crippen molar-refractivity contribution >= 4 is 5.57 Å². The first-order valence-electron chi connectivity index (χ1n) is 5.65. The fourth-order valence-corrected chi connectivity index (χ4v) is 2.11. The highest BCUT2D eigenvalue weighted by molar-refractivity contribution is 5.79. The predicted octanol–water partition coefficient (Wildman–Crippen LogP) is 3.42. The first kappa shape index (κ1) is 11.2. The third-order valence-electron chi connectivity index (χ3n) is 3.35. The molecule has 0 heterocycles. The summed E-state index contributed by atoms with van der Waals surface area (Å²) < 4.78 is 0. The molecule has 1 heteroatoms. The minimum Gasteiger partial charge on any atom is -0.388 e. The maximum atomic E-state index is 10.2. The molecular formula is C15H18O. The minimum atomic E-state index is -0.403. The number of aliphatic hydroxyl groups is 1. The molecule has 0 bridgehead atoms. The van der Waals surface area contributed by atoms with Crippen molar-refractivity contribution < 1.29 is 5.11 Å². The first-order chi connectivity index (χ1) is 7.52. The van der Waals surface area contributed by atoms with Crippen LogP contribution in [0.5, 0.6) is 0 Å². The highest BCUT2D eigenvalue weighted by Crippen LogP contribution is 2.41. The molecule has 16 heavy (non-hydrogen) atoms. The van der Waals surface area contributed by atoms with Gasteiger partial charge in [0.25, 0.3) is 0 Å². The van der Waals surface area contributed by atoms with Gasteiger partial charge in [-0.1, -0.05) is 56.8 Å². The van der Waals surface area contributed by atoms with Gasteiger partial charge in [0, 0.05) is 0 Å². The van der Waals surface area contributed by atoms with E-state index in [1.54, 1.807) is 0 Å². The zero-order valence-electron chi connectivity index (χ0n) is 9.90. The lowest BCUT2D eigenvalue weighted by atomic mass is 9.84. The average Bonchev–Trinajstić information content (AvgIpc) is 2.55. The van der Waals surface area contributed by atoms with Crippen molar-refractivity contribution in [1.82, 2.24) is 0 Å². The van der Waals surface area contributed by atoms with Crippen molar-refractivity contribution in [1.29, 1.82) is 0 Å². The van der Waals surface area contributed by atoms with Gasteiger partial charge < -0.3 is 5.11 Å². The molecule has 1 unspecified atom stereocenters. The summed E-state index contributed by atoms with van der Waals surface area (Å²) in [6.07, 6.45) is 2.62. The van der Waals surface area contributed by atoms with Crippen molar-refractivity contribution in [3.8, 4) is 0 Å². The van der Waals surface area contributed by atoms with Crippen molar-refractivity contribution in [2.24, 2.45) is 5.41 Å². The van der Waals surface area contributed by atoms with Crippen LogP contribution in [0.1, 0.15) is 25.8 Å². The van der Waals surface area contributed by atoms with Crippen molar-refractivity contribution in [3.05, 3.63) is 54.1 Å². The summed E-state index contributed by atoms with van der Waals surface area (Å²) in [7, 11) is 0. The third kappa shape index (κ3) is 1.83. The quantitative estimate of drug-likeness (QED) is 0.799. The Bertz CT molecular complexity index is 426. The summed E-state index contributed by atoms with van der Waals surface area (Å²) in [5, 5.41) is 10.2. The van der Waals surface area contributed by atoms with Gasteiger partial charge >= 0.3 is 0 Å². The summed E-state index contributed by atoms with van der Waals surface area (Å²) in [6, 6.07) is 10.0. The van der Waals surface area contributed by atoms with E-state index in [0.717, 1.165) is 23.1 Å². The molecule has 1 aromatic rings. The Morgan fingerprint density at radius 2 is 1.94 bits per heavy atom. The summed E-state index contributed by atoms with van der Waals surface area (Å²) in [6.45, 7) is 8.26. The Kier molecular flexibility index (Phi) is 2.73. The van der Waals surface area contributed by atoms with E-state index in [-0.39, 0.29) is 5.41 Å². The molecule has 0 aromatic heterocycles. The van der Waals surface area contributed by atoms with Crippen LogP contribution in [0.4, 0.5) is 0 Å². The summed E-state index contributed by atoms with van der Waals surface area (Å²) in [5.74, 6) is 0. The molecule has 1 atom stereocenters. The summed E-state index contributed by atoms with van der Waals surface area (Å²) >= 11 is 0. The molecule has 0 spiro atoms. The Labute approximate surface area is 97.1 Å². The van der Waals surface area contributed by atoms with Crippen LogP contribution in [-0.4, -0.2) is 11.2 Å². The molecule has 1 aliphatic carbocycles. The second-order valence-electron chi connectivity index (χ2n) is 5.10. The molecule has 0 radical (unpaired) electrons. The topological polar surface area (TPSA) is 20.2 Å². The van der Waals surface area contributed by atoms with E-state index in [1.807, 2.05) is 30.3 Å². The van der Waals surface area contributed by atoms with E-state index in [2.05, 4.69) is 26.5 Å². The van der Waals surface area contributed by atoms with E-state index in [9.17, 15) is 5.11 Å². The largest absolute Gasteiger partial charge is 0.388 e. The Hall–Kier alpha value is -1.34. The van der Waals surface area contributed by atoms with Gasteiger partial charge in [-0.15, -0.1) is 0 Å². The second kappa shape index (κ2) is 3.91. The number of hydrogen-bond donors (Lipinski definition) is 1. The molecule has 0 saturated heterocycles. The highest BCUT2D eigenvalue weighted by atomic mass is 16.3. The third-order valence-corrected chi connectivity index (χ3v) is 3.35. The smallest absolute Gasteiger partial charge is 0.0846 e. The molecule has 1 aliphatic rings. The number of aliphatic hydroxyl groups excluding tert-OH is 1. The number of allylic oxidation sites excluding steroid dienone is 1. The SMILES string of the molecule is C=C(C1=CCC(C)(C)C1O)c1ccccc1. The maximum absolute atomic E-state index is 10.2. The van der Waals surface area contributed by atoms with E-state index >= 15 is 0 Å². The van der Waals surface area contributed by atoms with Crippen LogP contribution in [0, 0.1) is 5.41 Å². The van der Waals surface area contributed by atoms with Gasteiger partial charge in [0.05, 0.1) is 6.10 Å². The predicted molar refractivity (Wildman–Crippen MR) is 68.0 cm³/mol. The van der Waals surface area contributed by atoms with Gasteiger partial charge in [0.15, 0.2) is 0 Å². The van der Waals surface area contributed by atoms with Crippen LogP contribution in [0.15, 0.2) is 48.6 Å². The molecule has 1 nitrogen and oxygen atoms in total. The second-order valence-corrected chi connectivity index (χ2v) is 5.10. The van der Waals surface area contributed by atoms with Crippen LogP contribution in [0.3, 0.4) is 0 Å². The Morgan fingerprint density at radius 3 is 2.44 bits per heavy atom. The molecule has 0 amide bonds. The number of hydrogen-bond acceptors (Lipinski definition) is 1. The molecule has 1 aromatic carbocycles. The number of rotatable bonds is 2. The van der Waals surface area contributed by atoms with Crippen LogP contribution < -0.4 is 0 Å². The maximum Gasteiger partial charge on any atom is 0.0846 e. The van der Waals surface area contributed by atoms with Gasteiger partial charge in [-0.05, 0) is 28.5 Å². The average molecular weight is 214 g/mol. The van der Waals surface area contributed by atoms with E-state index in [0.29, 0.717) is 0 Å². The molecule has 0 saturated carbocycles. The van der Waals surface area contributed by atoms with Crippen LogP contribution >= 0.6 is 0 Å². The fraction of sp³-hybridized carbons (Fsp3) is 0.333. The lowest BCUT2D eigenvalue weighted by Crippen LogP contribution is -2.25. The molecule has 0 fully saturated rings. The standard InChI is InChI=1S/C15H18O/c1-11(12-7-5-4-6-8-12)13-9-10-15(2,3)14(13)16/h4-9,14,16H,1,10H2,2-3H3. The monoisotopic (exact) mass is 214 g/mol. The normalized spacial score (nSPS) is 22.9. The Morgan fingerprint density at radius 1 is 1.31 bits per heavy atom.